The van der Waals surface area contributed by atoms with Crippen LogP contribution in [0.2, 0.25) is 0 Å². The molecule has 2 aromatic rings. The van der Waals surface area contributed by atoms with Crippen molar-refractivity contribution >= 4 is 11.5 Å². The second-order valence-corrected chi connectivity index (χ2v) is 4.38. The molecule has 1 heterocycles. The number of hydrogen-bond donors (Lipinski definition) is 1. The summed E-state index contributed by atoms with van der Waals surface area (Å²) in [5.41, 5.74) is 2.44. The molecule has 0 saturated carbocycles. The largest absolute Gasteiger partial charge is 0.392 e. The van der Waals surface area contributed by atoms with Crippen LogP contribution in [0.3, 0.4) is 0 Å². The van der Waals surface area contributed by atoms with E-state index in [1.54, 1.807) is 11.0 Å². The van der Waals surface area contributed by atoms with Gasteiger partial charge in [-0.05, 0) is 42.3 Å². The molecule has 3 nitrogen and oxygen atoms in total. The maximum atomic E-state index is 13.2. The van der Waals surface area contributed by atoms with Crippen molar-refractivity contribution in [2.24, 2.45) is 0 Å². The Hall–Kier alpha value is -1.94. The maximum absolute atomic E-state index is 13.2. The van der Waals surface area contributed by atoms with E-state index in [1.807, 2.05) is 32.2 Å². The molecule has 19 heavy (non-hydrogen) atoms. The lowest BCUT2D eigenvalue weighted by Crippen LogP contribution is -2.12. The van der Waals surface area contributed by atoms with Crippen LogP contribution in [0.4, 0.5) is 15.9 Å². The van der Waals surface area contributed by atoms with E-state index in [-0.39, 0.29) is 12.4 Å². The van der Waals surface area contributed by atoms with Crippen molar-refractivity contribution < 1.29 is 9.50 Å². The van der Waals surface area contributed by atoms with Crippen LogP contribution in [-0.4, -0.2) is 17.1 Å². The van der Waals surface area contributed by atoms with E-state index >= 15 is 0 Å². The smallest absolute Gasteiger partial charge is 0.133 e. The van der Waals surface area contributed by atoms with Crippen LogP contribution in [0.5, 0.6) is 0 Å². The highest BCUT2D eigenvalue weighted by Gasteiger charge is 2.09. The minimum Gasteiger partial charge on any atom is -0.392 e. The van der Waals surface area contributed by atoms with Crippen LogP contribution in [0, 0.1) is 5.82 Å². The van der Waals surface area contributed by atoms with E-state index in [9.17, 15) is 9.50 Å². The lowest BCUT2D eigenvalue weighted by atomic mass is 10.2. The van der Waals surface area contributed by atoms with Gasteiger partial charge in [0, 0.05) is 18.4 Å². The van der Waals surface area contributed by atoms with Crippen molar-refractivity contribution in [3.05, 3.63) is 53.5 Å². The number of aliphatic hydroxyl groups excluding tert-OH is 1. The standard InChI is InChI=1S/C15H17FN2O/c1-3-13-7-11(10-19)8-15(17-13)18(2)14-6-4-5-12(16)9-14/h4-9,19H,3,10H2,1-2H3. The van der Waals surface area contributed by atoms with Crippen LogP contribution >= 0.6 is 0 Å². The minimum atomic E-state index is -0.279. The van der Waals surface area contributed by atoms with Gasteiger partial charge in [0.05, 0.1) is 6.61 Å². The third-order valence-electron chi connectivity index (χ3n) is 3.01. The predicted molar refractivity (Wildman–Crippen MR) is 74.0 cm³/mol. The molecule has 1 aromatic carbocycles. The van der Waals surface area contributed by atoms with Crippen molar-refractivity contribution in [2.45, 2.75) is 20.0 Å². The fourth-order valence-corrected chi connectivity index (χ4v) is 1.89. The van der Waals surface area contributed by atoms with Crippen molar-refractivity contribution in [3.8, 4) is 0 Å². The zero-order valence-electron chi connectivity index (χ0n) is 11.1. The van der Waals surface area contributed by atoms with Gasteiger partial charge < -0.3 is 10.0 Å². The highest BCUT2D eigenvalue weighted by Crippen LogP contribution is 2.24. The van der Waals surface area contributed by atoms with Gasteiger partial charge >= 0.3 is 0 Å². The molecule has 1 aromatic heterocycles. The molecule has 0 spiro atoms. The maximum Gasteiger partial charge on any atom is 0.133 e. The highest BCUT2D eigenvalue weighted by molar-refractivity contribution is 5.59. The Balaban J connectivity index is 2.40. The Morgan fingerprint density at radius 2 is 2.05 bits per heavy atom. The number of halogens is 1. The number of pyridine rings is 1. The topological polar surface area (TPSA) is 36.4 Å². The van der Waals surface area contributed by atoms with Gasteiger partial charge in [0.15, 0.2) is 0 Å². The molecule has 0 aliphatic carbocycles. The van der Waals surface area contributed by atoms with Gasteiger partial charge in [0.1, 0.15) is 11.6 Å². The summed E-state index contributed by atoms with van der Waals surface area (Å²) in [7, 11) is 1.83. The van der Waals surface area contributed by atoms with Crippen LogP contribution in [0.25, 0.3) is 0 Å². The molecule has 100 valence electrons. The van der Waals surface area contributed by atoms with E-state index < -0.39 is 0 Å². The van der Waals surface area contributed by atoms with Gasteiger partial charge in [-0.15, -0.1) is 0 Å². The quantitative estimate of drug-likeness (QED) is 0.918. The van der Waals surface area contributed by atoms with Gasteiger partial charge in [-0.1, -0.05) is 13.0 Å². The molecule has 0 amide bonds. The summed E-state index contributed by atoms with van der Waals surface area (Å²) < 4.78 is 13.2. The molecule has 0 saturated heterocycles. The summed E-state index contributed by atoms with van der Waals surface area (Å²) in [5.74, 6) is 0.423. The molecule has 0 radical (unpaired) electrons. The summed E-state index contributed by atoms with van der Waals surface area (Å²) in [6.45, 7) is 1.98. The molecule has 0 atom stereocenters. The van der Waals surface area contributed by atoms with Crippen molar-refractivity contribution in [2.75, 3.05) is 11.9 Å². The Morgan fingerprint density at radius 1 is 1.26 bits per heavy atom. The first-order valence-corrected chi connectivity index (χ1v) is 6.24. The number of aliphatic hydroxyl groups is 1. The monoisotopic (exact) mass is 260 g/mol. The summed E-state index contributed by atoms with van der Waals surface area (Å²) >= 11 is 0. The normalized spacial score (nSPS) is 10.5. The average molecular weight is 260 g/mol. The molecular weight excluding hydrogens is 243 g/mol. The summed E-state index contributed by atoms with van der Waals surface area (Å²) in [4.78, 5) is 6.31. The van der Waals surface area contributed by atoms with Gasteiger partial charge in [-0.2, -0.15) is 0 Å². The first kappa shape index (κ1) is 13.5. The SMILES string of the molecule is CCc1cc(CO)cc(N(C)c2cccc(F)c2)n1. The number of aromatic nitrogens is 1. The van der Waals surface area contributed by atoms with E-state index in [0.29, 0.717) is 5.82 Å². The predicted octanol–water partition coefficient (Wildman–Crippen LogP) is 3.04. The Kier molecular flexibility index (Phi) is 4.12. The molecule has 2 rings (SSSR count). The average Bonchev–Trinajstić information content (AvgIpc) is 2.45. The second kappa shape index (κ2) is 5.80. The fraction of sp³-hybridized carbons (Fsp3) is 0.267. The lowest BCUT2D eigenvalue weighted by Gasteiger charge is -2.20. The van der Waals surface area contributed by atoms with Crippen LogP contribution in [-0.2, 0) is 13.0 Å². The van der Waals surface area contributed by atoms with Crippen molar-refractivity contribution in [1.82, 2.24) is 4.98 Å². The van der Waals surface area contributed by atoms with Crippen LogP contribution in [0.15, 0.2) is 36.4 Å². The van der Waals surface area contributed by atoms with Gasteiger partial charge in [0.25, 0.3) is 0 Å². The Labute approximate surface area is 112 Å². The van der Waals surface area contributed by atoms with E-state index in [4.69, 9.17) is 0 Å². The summed E-state index contributed by atoms with van der Waals surface area (Å²) in [6.07, 6.45) is 0.790. The number of hydrogen-bond acceptors (Lipinski definition) is 3. The highest BCUT2D eigenvalue weighted by atomic mass is 19.1. The van der Waals surface area contributed by atoms with Crippen LogP contribution in [0.1, 0.15) is 18.2 Å². The first-order chi connectivity index (χ1) is 9.13. The second-order valence-electron chi connectivity index (χ2n) is 4.38. The number of anilines is 2. The van der Waals surface area contributed by atoms with Gasteiger partial charge in [-0.25, -0.2) is 9.37 Å². The van der Waals surface area contributed by atoms with Gasteiger partial charge in [-0.3, -0.25) is 0 Å². The minimum absolute atomic E-state index is 0.0283. The first-order valence-electron chi connectivity index (χ1n) is 6.24. The zero-order chi connectivity index (χ0) is 13.8. The molecular formula is C15H17FN2O. The molecule has 0 fully saturated rings. The molecule has 0 aliphatic rings. The fourth-order valence-electron chi connectivity index (χ4n) is 1.89. The van der Waals surface area contributed by atoms with Crippen molar-refractivity contribution in [1.29, 1.82) is 0 Å². The summed E-state index contributed by atoms with van der Waals surface area (Å²) in [5, 5.41) is 9.27. The molecule has 1 N–H and O–H groups in total. The third-order valence-corrected chi connectivity index (χ3v) is 3.01. The number of benzene rings is 1. The summed E-state index contributed by atoms with van der Waals surface area (Å²) in [6, 6.07) is 10.0. The molecule has 0 bridgehead atoms. The number of nitrogens with zero attached hydrogens (tertiary/aromatic N) is 2. The van der Waals surface area contributed by atoms with Crippen LogP contribution < -0.4 is 4.90 Å². The number of aryl methyl sites for hydroxylation is 1. The van der Waals surface area contributed by atoms with Gasteiger partial charge in [0.2, 0.25) is 0 Å². The Bertz CT molecular complexity index is 550. The van der Waals surface area contributed by atoms with Crippen molar-refractivity contribution in [3.63, 3.8) is 0 Å². The zero-order valence-corrected chi connectivity index (χ0v) is 11.1. The van der Waals surface area contributed by atoms with E-state index in [1.165, 1.54) is 12.1 Å². The number of rotatable bonds is 4. The molecule has 0 unspecified atom stereocenters. The Morgan fingerprint density at radius 3 is 2.68 bits per heavy atom. The molecule has 4 heteroatoms. The third kappa shape index (κ3) is 3.09. The molecule has 0 aliphatic heterocycles. The lowest BCUT2D eigenvalue weighted by molar-refractivity contribution is 0.281. The van der Waals surface area contributed by atoms with E-state index in [2.05, 4.69) is 4.98 Å². The van der Waals surface area contributed by atoms with E-state index in [0.717, 1.165) is 23.4 Å².